The highest BCUT2D eigenvalue weighted by Gasteiger charge is 2.13. The van der Waals surface area contributed by atoms with Crippen LogP contribution in [-0.2, 0) is 6.61 Å². The highest BCUT2D eigenvalue weighted by atomic mass is 35.5. The van der Waals surface area contributed by atoms with Crippen LogP contribution in [0.2, 0.25) is 10.0 Å². The van der Waals surface area contributed by atoms with Crippen LogP contribution in [0.4, 0.5) is 0 Å². The summed E-state index contributed by atoms with van der Waals surface area (Å²) in [6, 6.07) is 10.2. The summed E-state index contributed by atoms with van der Waals surface area (Å²) in [7, 11) is -1.49. The van der Waals surface area contributed by atoms with Gasteiger partial charge in [0.25, 0.3) is 0 Å². The van der Waals surface area contributed by atoms with Gasteiger partial charge in [-0.25, -0.2) is 0 Å². The van der Waals surface area contributed by atoms with Gasteiger partial charge in [-0.3, -0.25) is 0 Å². The SMILES string of the molecule is Cc1cc(B(O)O)ccc1OCc1c(Cl)cccc1Cl. The molecule has 3 nitrogen and oxygen atoms in total. The summed E-state index contributed by atoms with van der Waals surface area (Å²) in [6.45, 7) is 2.08. The van der Waals surface area contributed by atoms with E-state index in [9.17, 15) is 0 Å². The van der Waals surface area contributed by atoms with Gasteiger partial charge in [0.15, 0.2) is 0 Å². The molecule has 0 radical (unpaired) electrons. The molecule has 0 heterocycles. The molecule has 0 amide bonds. The van der Waals surface area contributed by atoms with Crippen molar-refractivity contribution in [3.8, 4) is 5.75 Å². The van der Waals surface area contributed by atoms with E-state index in [2.05, 4.69) is 0 Å². The van der Waals surface area contributed by atoms with E-state index >= 15 is 0 Å². The van der Waals surface area contributed by atoms with E-state index in [0.717, 1.165) is 11.1 Å². The quantitative estimate of drug-likeness (QED) is 0.853. The molecule has 2 rings (SSSR count). The Morgan fingerprint density at radius 1 is 1.10 bits per heavy atom. The van der Waals surface area contributed by atoms with E-state index in [0.29, 0.717) is 21.3 Å². The average molecular weight is 311 g/mol. The molecule has 0 aliphatic heterocycles. The Kier molecular flexibility index (Phi) is 4.94. The fraction of sp³-hybridized carbons (Fsp3) is 0.143. The second-order valence-corrected chi connectivity index (χ2v) is 5.20. The number of ether oxygens (including phenoxy) is 1. The molecule has 0 aliphatic rings. The third kappa shape index (κ3) is 3.47. The minimum atomic E-state index is -1.49. The summed E-state index contributed by atoms with van der Waals surface area (Å²) >= 11 is 12.1. The second kappa shape index (κ2) is 6.50. The molecule has 20 heavy (non-hydrogen) atoms. The Morgan fingerprint density at radius 2 is 1.75 bits per heavy atom. The zero-order valence-electron chi connectivity index (χ0n) is 10.8. The van der Waals surface area contributed by atoms with Crippen LogP contribution in [0.25, 0.3) is 0 Å². The fourth-order valence-electron chi connectivity index (χ4n) is 1.82. The normalized spacial score (nSPS) is 10.4. The Labute approximate surface area is 127 Å². The maximum Gasteiger partial charge on any atom is 0.488 e. The molecule has 0 unspecified atom stereocenters. The van der Waals surface area contributed by atoms with Gasteiger partial charge in [0.1, 0.15) is 12.4 Å². The van der Waals surface area contributed by atoms with Crippen molar-refractivity contribution in [1.29, 1.82) is 0 Å². The van der Waals surface area contributed by atoms with Crippen LogP contribution in [0.15, 0.2) is 36.4 Å². The lowest BCUT2D eigenvalue weighted by atomic mass is 9.79. The predicted molar refractivity (Wildman–Crippen MR) is 81.8 cm³/mol. The lowest BCUT2D eigenvalue weighted by Gasteiger charge is -2.12. The number of hydrogen-bond donors (Lipinski definition) is 2. The number of aryl methyl sites for hydroxylation is 1. The maximum atomic E-state index is 9.10. The standard InChI is InChI=1S/C14H13BCl2O3/c1-9-7-10(15(18)19)5-6-14(9)20-8-11-12(16)3-2-4-13(11)17/h2-7,18-19H,8H2,1H3. The van der Waals surface area contributed by atoms with Gasteiger partial charge in [-0.2, -0.15) is 0 Å². The van der Waals surface area contributed by atoms with Gasteiger partial charge in [-0.1, -0.05) is 41.4 Å². The predicted octanol–water partition coefficient (Wildman–Crippen LogP) is 2.56. The zero-order chi connectivity index (χ0) is 14.7. The van der Waals surface area contributed by atoms with E-state index in [4.69, 9.17) is 38.0 Å². The average Bonchev–Trinajstić information content (AvgIpc) is 2.39. The van der Waals surface area contributed by atoms with Gasteiger partial charge in [0, 0.05) is 15.6 Å². The highest BCUT2D eigenvalue weighted by molar-refractivity contribution is 6.58. The van der Waals surface area contributed by atoms with Crippen molar-refractivity contribution in [1.82, 2.24) is 0 Å². The molecular weight excluding hydrogens is 298 g/mol. The molecule has 0 fully saturated rings. The van der Waals surface area contributed by atoms with E-state index in [1.165, 1.54) is 0 Å². The monoisotopic (exact) mass is 310 g/mol. The number of rotatable bonds is 4. The molecule has 2 aromatic rings. The molecule has 0 saturated carbocycles. The second-order valence-electron chi connectivity index (χ2n) is 4.39. The van der Waals surface area contributed by atoms with Crippen LogP contribution in [0.3, 0.4) is 0 Å². The summed E-state index contributed by atoms with van der Waals surface area (Å²) in [4.78, 5) is 0. The Morgan fingerprint density at radius 3 is 2.30 bits per heavy atom. The van der Waals surface area contributed by atoms with Crippen molar-refractivity contribution >= 4 is 35.8 Å². The third-order valence-corrected chi connectivity index (χ3v) is 3.64. The van der Waals surface area contributed by atoms with Crippen molar-refractivity contribution in [2.24, 2.45) is 0 Å². The first kappa shape index (κ1) is 15.2. The van der Waals surface area contributed by atoms with Gasteiger partial charge >= 0.3 is 7.12 Å². The first-order valence-corrected chi connectivity index (χ1v) is 6.77. The lowest BCUT2D eigenvalue weighted by Crippen LogP contribution is -2.29. The first-order valence-electron chi connectivity index (χ1n) is 6.01. The summed E-state index contributed by atoms with van der Waals surface area (Å²) < 4.78 is 5.69. The Balaban J connectivity index is 2.15. The van der Waals surface area contributed by atoms with Crippen LogP contribution >= 0.6 is 23.2 Å². The van der Waals surface area contributed by atoms with E-state index in [-0.39, 0.29) is 6.61 Å². The summed E-state index contributed by atoms with van der Waals surface area (Å²) in [5, 5.41) is 19.3. The zero-order valence-corrected chi connectivity index (χ0v) is 12.3. The molecule has 0 aromatic heterocycles. The molecule has 104 valence electrons. The minimum absolute atomic E-state index is 0.250. The summed E-state index contributed by atoms with van der Waals surface area (Å²) in [5.74, 6) is 0.644. The molecule has 0 bridgehead atoms. The van der Waals surface area contributed by atoms with Crippen LogP contribution < -0.4 is 10.2 Å². The van der Waals surface area contributed by atoms with Gasteiger partial charge in [-0.05, 0) is 36.1 Å². The van der Waals surface area contributed by atoms with Gasteiger partial charge in [0.2, 0.25) is 0 Å². The van der Waals surface area contributed by atoms with Crippen LogP contribution in [0, 0.1) is 6.92 Å². The smallest absolute Gasteiger partial charge is 0.488 e. The van der Waals surface area contributed by atoms with Crippen molar-refractivity contribution in [3.05, 3.63) is 57.6 Å². The van der Waals surface area contributed by atoms with Gasteiger partial charge < -0.3 is 14.8 Å². The molecule has 0 atom stereocenters. The van der Waals surface area contributed by atoms with E-state index in [1.54, 1.807) is 36.4 Å². The third-order valence-electron chi connectivity index (χ3n) is 2.93. The Hall–Kier alpha value is -1.20. The number of halogens is 2. The van der Waals surface area contributed by atoms with Gasteiger partial charge in [-0.15, -0.1) is 0 Å². The minimum Gasteiger partial charge on any atom is -0.489 e. The highest BCUT2D eigenvalue weighted by Crippen LogP contribution is 2.26. The first-order chi connectivity index (χ1) is 9.49. The molecule has 0 spiro atoms. The largest absolute Gasteiger partial charge is 0.489 e. The Bertz CT molecular complexity index is 597. The molecule has 2 N–H and O–H groups in total. The summed E-state index contributed by atoms with van der Waals surface area (Å²) in [5.41, 5.74) is 1.95. The lowest BCUT2D eigenvalue weighted by molar-refractivity contribution is 0.304. The number of hydrogen-bond acceptors (Lipinski definition) is 3. The van der Waals surface area contributed by atoms with Crippen molar-refractivity contribution in [2.45, 2.75) is 13.5 Å². The van der Waals surface area contributed by atoms with Crippen molar-refractivity contribution in [3.63, 3.8) is 0 Å². The maximum absolute atomic E-state index is 9.10. The molecule has 0 aliphatic carbocycles. The molecule has 2 aromatic carbocycles. The molecular formula is C14H13BCl2O3. The van der Waals surface area contributed by atoms with Crippen LogP contribution in [0.5, 0.6) is 5.75 Å². The summed E-state index contributed by atoms with van der Waals surface area (Å²) in [6.07, 6.45) is 0. The van der Waals surface area contributed by atoms with E-state index < -0.39 is 7.12 Å². The van der Waals surface area contributed by atoms with Crippen molar-refractivity contribution in [2.75, 3.05) is 0 Å². The molecule has 0 saturated heterocycles. The van der Waals surface area contributed by atoms with Crippen LogP contribution in [0.1, 0.15) is 11.1 Å². The van der Waals surface area contributed by atoms with Crippen molar-refractivity contribution < 1.29 is 14.8 Å². The topological polar surface area (TPSA) is 49.7 Å². The number of benzene rings is 2. The molecule has 6 heteroatoms. The van der Waals surface area contributed by atoms with Gasteiger partial charge in [0.05, 0.1) is 0 Å². The fourth-order valence-corrected chi connectivity index (χ4v) is 2.32. The van der Waals surface area contributed by atoms with E-state index in [1.807, 2.05) is 6.92 Å². The van der Waals surface area contributed by atoms with Crippen LogP contribution in [-0.4, -0.2) is 17.2 Å².